The Morgan fingerprint density at radius 2 is 1.81 bits per heavy atom. The number of nitriles is 1. The van der Waals surface area contributed by atoms with Gasteiger partial charge in [-0.05, 0) is 46.9 Å². The molecule has 0 saturated heterocycles. The first kappa shape index (κ1) is 21.5. The van der Waals surface area contributed by atoms with Gasteiger partial charge in [0, 0.05) is 23.9 Å². The molecule has 2 bridgehead atoms. The highest BCUT2D eigenvalue weighted by atomic mass is 16.2. The van der Waals surface area contributed by atoms with Crippen LogP contribution >= 0.6 is 0 Å². The van der Waals surface area contributed by atoms with Gasteiger partial charge in [0.1, 0.15) is 5.41 Å². The monoisotopic (exact) mass is 481 g/mol. The third-order valence-corrected chi connectivity index (χ3v) is 8.14. The van der Waals surface area contributed by atoms with Gasteiger partial charge in [-0.15, -0.1) is 0 Å². The largest absolute Gasteiger partial charge is 0.330 e. The Balaban J connectivity index is 1.28. The number of amides is 1. The lowest BCUT2D eigenvalue weighted by Crippen LogP contribution is -2.54. The topological polar surface area (TPSA) is 94.5 Å². The number of hydrogen-bond donors (Lipinski definition) is 2. The van der Waals surface area contributed by atoms with Gasteiger partial charge in [0.2, 0.25) is 11.9 Å². The molecule has 1 amide bonds. The fourth-order valence-corrected chi connectivity index (χ4v) is 6.54. The molecule has 0 radical (unpaired) electrons. The SMILES string of the molecule is CC1(C(=O)Nc2nc(-c3cccc4ccccc34)c[nH]2)CC2(C#N)c3ccccc3C1c1cccnc12. The summed E-state index contributed by atoms with van der Waals surface area (Å²) in [6.07, 6.45) is 3.90. The molecule has 6 heteroatoms. The Bertz CT molecular complexity index is 1710. The number of carbonyl (C=O) groups excluding carboxylic acids is 1. The van der Waals surface area contributed by atoms with Crippen molar-refractivity contribution in [1.82, 2.24) is 15.0 Å². The van der Waals surface area contributed by atoms with E-state index >= 15 is 0 Å². The molecule has 3 aromatic carbocycles. The van der Waals surface area contributed by atoms with Gasteiger partial charge in [-0.25, -0.2) is 4.98 Å². The van der Waals surface area contributed by atoms with Crippen LogP contribution in [0.5, 0.6) is 0 Å². The van der Waals surface area contributed by atoms with Crippen LogP contribution < -0.4 is 5.32 Å². The van der Waals surface area contributed by atoms with Crippen molar-refractivity contribution in [3.8, 4) is 17.3 Å². The van der Waals surface area contributed by atoms with E-state index in [1.54, 1.807) is 6.20 Å². The van der Waals surface area contributed by atoms with Crippen molar-refractivity contribution in [2.24, 2.45) is 5.41 Å². The Labute approximate surface area is 214 Å². The minimum Gasteiger partial charge on any atom is -0.330 e. The summed E-state index contributed by atoms with van der Waals surface area (Å²) in [5.74, 6) is 0.0105. The van der Waals surface area contributed by atoms with Crippen LogP contribution in [0.2, 0.25) is 0 Å². The van der Waals surface area contributed by atoms with Crippen molar-refractivity contribution in [3.63, 3.8) is 0 Å². The summed E-state index contributed by atoms with van der Waals surface area (Å²) in [6, 6.07) is 28.7. The van der Waals surface area contributed by atoms with Crippen LogP contribution in [-0.2, 0) is 10.2 Å². The van der Waals surface area contributed by atoms with Crippen LogP contribution in [0.3, 0.4) is 0 Å². The zero-order chi connectivity index (χ0) is 25.2. The number of rotatable bonds is 3. The number of benzene rings is 3. The molecule has 3 aliphatic rings. The predicted octanol–water partition coefficient (Wildman–Crippen LogP) is 5.93. The summed E-state index contributed by atoms with van der Waals surface area (Å²) >= 11 is 0. The predicted molar refractivity (Wildman–Crippen MR) is 142 cm³/mol. The van der Waals surface area contributed by atoms with E-state index in [1.807, 2.05) is 73.8 Å². The van der Waals surface area contributed by atoms with Crippen LogP contribution in [0, 0.1) is 16.7 Å². The number of aromatic amines is 1. The Hall–Kier alpha value is -4.76. The van der Waals surface area contributed by atoms with E-state index in [2.05, 4.69) is 39.6 Å². The van der Waals surface area contributed by atoms with E-state index < -0.39 is 10.8 Å². The highest BCUT2D eigenvalue weighted by Crippen LogP contribution is 2.63. The summed E-state index contributed by atoms with van der Waals surface area (Å²) in [5.41, 5.74) is 3.59. The number of pyridine rings is 1. The third-order valence-electron chi connectivity index (χ3n) is 8.14. The van der Waals surface area contributed by atoms with E-state index in [9.17, 15) is 10.1 Å². The molecule has 5 aromatic rings. The van der Waals surface area contributed by atoms with Crippen molar-refractivity contribution < 1.29 is 4.79 Å². The van der Waals surface area contributed by atoms with Crippen molar-refractivity contribution >= 4 is 22.6 Å². The third kappa shape index (κ3) is 2.88. The van der Waals surface area contributed by atoms with E-state index in [0.29, 0.717) is 12.4 Å². The highest BCUT2D eigenvalue weighted by Gasteiger charge is 2.61. The van der Waals surface area contributed by atoms with Gasteiger partial charge in [-0.3, -0.25) is 15.1 Å². The molecule has 3 aliphatic carbocycles. The number of hydrogen-bond acceptors (Lipinski definition) is 4. The molecule has 2 aromatic heterocycles. The van der Waals surface area contributed by atoms with Gasteiger partial charge in [0.15, 0.2) is 0 Å². The molecule has 0 fully saturated rings. The average Bonchev–Trinajstić information content (AvgIpc) is 3.41. The van der Waals surface area contributed by atoms with E-state index in [4.69, 9.17) is 4.98 Å². The van der Waals surface area contributed by atoms with E-state index in [1.165, 1.54) is 0 Å². The lowest BCUT2D eigenvalue weighted by Gasteiger charge is -2.53. The van der Waals surface area contributed by atoms with Gasteiger partial charge in [0.25, 0.3) is 0 Å². The molecule has 6 nitrogen and oxygen atoms in total. The van der Waals surface area contributed by atoms with Crippen LogP contribution in [0.1, 0.15) is 41.6 Å². The van der Waals surface area contributed by atoms with Gasteiger partial charge < -0.3 is 4.98 Å². The summed E-state index contributed by atoms with van der Waals surface area (Å²) in [5, 5.41) is 15.8. The molecule has 2 N–H and O–H groups in total. The highest BCUT2D eigenvalue weighted by molar-refractivity contribution is 5.98. The lowest BCUT2D eigenvalue weighted by molar-refractivity contribution is -0.127. The molecule has 8 rings (SSSR count). The first-order valence-electron chi connectivity index (χ1n) is 12.4. The summed E-state index contributed by atoms with van der Waals surface area (Å²) in [7, 11) is 0. The Morgan fingerprint density at radius 3 is 2.70 bits per heavy atom. The fraction of sp³-hybridized carbons (Fsp3) is 0.161. The number of nitrogens with zero attached hydrogens (tertiary/aromatic N) is 3. The number of nitrogens with one attached hydrogen (secondary N) is 2. The number of fused-ring (bicyclic) bond motifs is 2. The first-order chi connectivity index (χ1) is 18.0. The minimum absolute atomic E-state index is 0.167. The molecule has 0 aliphatic heterocycles. The number of anilines is 1. The maximum absolute atomic E-state index is 14.0. The minimum atomic E-state index is -0.981. The smallest absolute Gasteiger partial charge is 0.233 e. The average molecular weight is 482 g/mol. The Kier molecular flexibility index (Phi) is 4.43. The Morgan fingerprint density at radius 1 is 1.03 bits per heavy atom. The molecule has 2 heterocycles. The lowest BCUT2D eigenvalue weighted by atomic mass is 9.48. The fourth-order valence-electron chi connectivity index (χ4n) is 6.54. The zero-order valence-corrected chi connectivity index (χ0v) is 20.2. The van der Waals surface area contributed by atoms with Crippen LogP contribution in [0.4, 0.5) is 5.95 Å². The molecule has 178 valence electrons. The van der Waals surface area contributed by atoms with Gasteiger partial charge in [-0.1, -0.05) is 72.8 Å². The normalized spacial score (nSPS) is 23.2. The molecule has 37 heavy (non-hydrogen) atoms. The molecule has 3 unspecified atom stereocenters. The van der Waals surface area contributed by atoms with Crippen molar-refractivity contribution in [1.29, 1.82) is 5.26 Å². The second-order valence-corrected chi connectivity index (χ2v) is 10.2. The maximum atomic E-state index is 14.0. The molecule has 3 atom stereocenters. The van der Waals surface area contributed by atoms with E-state index in [0.717, 1.165) is 44.4 Å². The van der Waals surface area contributed by atoms with Crippen molar-refractivity contribution in [2.45, 2.75) is 24.7 Å². The van der Waals surface area contributed by atoms with Crippen molar-refractivity contribution in [3.05, 3.63) is 114 Å². The van der Waals surface area contributed by atoms with Crippen LogP contribution in [0.15, 0.2) is 91.3 Å². The molecular formula is C31H23N5O. The van der Waals surface area contributed by atoms with Gasteiger partial charge >= 0.3 is 0 Å². The van der Waals surface area contributed by atoms with E-state index in [-0.39, 0.29) is 11.8 Å². The summed E-state index contributed by atoms with van der Waals surface area (Å²) in [4.78, 5) is 26.5. The quantitative estimate of drug-likeness (QED) is 0.334. The summed E-state index contributed by atoms with van der Waals surface area (Å²) < 4.78 is 0. The second-order valence-electron chi connectivity index (χ2n) is 10.2. The number of carbonyl (C=O) groups is 1. The van der Waals surface area contributed by atoms with Crippen LogP contribution in [-0.4, -0.2) is 20.9 Å². The molecule has 0 saturated carbocycles. The number of H-pyrrole nitrogens is 1. The van der Waals surface area contributed by atoms with Crippen molar-refractivity contribution in [2.75, 3.05) is 5.32 Å². The maximum Gasteiger partial charge on any atom is 0.233 e. The molecular weight excluding hydrogens is 458 g/mol. The first-order valence-corrected chi connectivity index (χ1v) is 12.4. The zero-order valence-electron chi connectivity index (χ0n) is 20.2. The van der Waals surface area contributed by atoms with Gasteiger partial charge in [-0.2, -0.15) is 5.26 Å². The standard InChI is InChI=1S/C31H23N5O/c1-30(17-31(18-32)24-14-5-4-11-22(24)26(30)23-13-7-15-33-27(23)31)28(37)36-29-34-16-25(35-29)21-12-6-9-19-8-2-3-10-20(19)21/h2-16,26H,17H2,1H3,(H2,34,35,36,37). The molecule has 0 spiro atoms. The van der Waals surface area contributed by atoms with Gasteiger partial charge in [0.05, 0.1) is 22.9 Å². The second kappa shape index (κ2) is 7.62. The summed E-state index contributed by atoms with van der Waals surface area (Å²) in [6.45, 7) is 1.96. The number of aromatic nitrogens is 3. The number of imidazole rings is 1. The van der Waals surface area contributed by atoms with Crippen LogP contribution in [0.25, 0.3) is 22.0 Å².